The highest BCUT2D eigenvalue weighted by Gasteiger charge is 2.50. The zero-order chi connectivity index (χ0) is 17.2. The van der Waals surface area contributed by atoms with Gasteiger partial charge in [0.2, 0.25) is 6.79 Å². The number of benzene rings is 2. The summed E-state index contributed by atoms with van der Waals surface area (Å²) in [5.74, 6) is 2.03. The van der Waals surface area contributed by atoms with Crippen molar-refractivity contribution in [3.63, 3.8) is 0 Å². The fraction of sp³-hybridized carbons (Fsp3) is 0.278. The van der Waals surface area contributed by atoms with E-state index >= 15 is 0 Å². The molecular weight excluding hydrogens is 344 g/mol. The molecule has 1 fully saturated rings. The van der Waals surface area contributed by atoms with E-state index in [1.54, 1.807) is 23.1 Å². The van der Waals surface area contributed by atoms with Crippen LogP contribution in [0.25, 0.3) is 0 Å². The summed E-state index contributed by atoms with van der Waals surface area (Å²) in [4.78, 5) is 14.5. The lowest BCUT2D eigenvalue weighted by Gasteiger charge is -2.50. The third-order valence-corrected chi connectivity index (χ3v) is 5.08. The van der Waals surface area contributed by atoms with E-state index in [2.05, 4.69) is 5.32 Å². The molecule has 3 aliphatic heterocycles. The lowest BCUT2D eigenvalue weighted by atomic mass is 9.90. The van der Waals surface area contributed by atoms with Crippen LogP contribution in [0.1, 0.15) is 24.9 Å². The van der Waals surface area contributed by atoms with Crippen LogP contribution >= 0.6 is 11.6 Å². The van der Waals surface area contributed by atoms with Gasteiger partial charge in [0.15, 0.2) is 17.2 Å². The van der Waals surface area contributed by atoms with Gasteiger partial charge in [-0.05, 0) is 37.3 Å². The number of amides is 2. The van der Waals surface area contributed by atoms with Gasteiger partial charge >= 0.3 is 6.03 Å². The molecule has 128 valence electrons. The summed E-state index contributed by atoms with van der Waals surface area (Å²) < 4.78 is 17.0. The Morgan fingerprint density at radius 2 is 1.96 bits per heavy atom. The SMILES string of the molecule is C[C@@]12C[C@@H](NC(=O)N1c1ccc3c(c1)OCO3)c1cc(Cl)ccc1O2. The lowest BCUT2D eigenvalue weighted by Crippen LogP contribution is -2.65. The Morgan fingerprint density at radius 1 is 1.16 bits per heavy atom. The fourth-order valence-electron chi connectivity index (χ4n) is 3.76. The van der Waals surface area contributed by atoms with E-state index in [1.807, 2.05) is 25.1 Å². The summed E-state index contributed by atoms with van der Waals surface area (Å²) in [6.45, 7) is 2.11. The van der Waals surface area contributed by atoms with Crippen LogP contribution in [-0.2, 0) is 0 Å². The standard InChI is InChI=1S/C18H15ClN2O4/c1-18-8-13(12-6-10(19)2-4-14(12)25-18)20-17(22)21(18)11-3-5-15-16(7-11)24-9-23-15/h2-7,13H,8-9H2,1H3,(H,20,22)/t13-,18-/m1/s1. The molecule has 2 atom stereocenters. The second kappa shape index (κ2) is 4.95. The van der Waals surface area contributed by atoms with E-state index in [0.717, 1.165) is 11.3 Å². The number of rotatable bonds is 1. The van der Waals surface area contributed by atoms with Gasteiger partial charge in [0, 0.05) is 23.1 Å². The number of anilines is 1. The van der Waals surface area contributed by atoms with Crippen LogP contribution in [0.2, 0.25) is 5.02 Å². The molecule has 1 N–H and O–H groups in total. The first-order valence-electron chi connectivity index (χ1n) is 8.02. The molecule has 7 heteroatoms. The molecule has 0 aliphatic carbocycles. The predicted octanol–water partition coefficient (Wildman–Crippen LogP) is 3.84. The molecule has 25 heavy (non-hydrogen) atoms. The number of carbonyl (C=O) groups excluding carboxylic acids is 1. The number of hydrogen-bond acceptors (Lipinski definition) is 4. The monoisotopic (exact) mass is 358 g/mol. The normalized spacial score (nSPS) is 25.9. The van der Waals surface area contributed by atoms with Crippen molar-refractivity contribution in [1.29, 1.82) is 0 Å². The first-order chi connectivity index (χ1) is 12.0. The molecule has 2 aromatic rings. The smallest absolute Gasteiger partial charge is 0.325 e. The minimum Gasteiger partial charge on any atom is -0.467 e. The summed E-state index contributed by atoms with van der Waals surface area (Å²) in [6, 6.07) is 10.6. The van der Waals surface area contributed by atoms with Crippen molar-refractivity contribution in [3.05, 3.63) is 47.0 Å². The Labute approximate surface area is 149 Å². The van der Waals surface area contributed by atoms with Gasteiger partial charge in [-0.2, -0.15) is 0 Å². The van der Waals surface area contributed by atoms with Gasteiger partial charge in [0.1, 0.15) is 5.75 Å². The quantitative estimate of drug-likeness (QED) is 0.841. The predicted molar refractivity (Wildman–Crippen MR) is 91.4 cm³/mol. The van der Waals surface area contributed by atoms with Gasteiger partial charge in [-0.15, -0.1) is 0 Å². The Hall–Kier alpha value is -2.60. The minimum absolute atomic E-state index is 0.134. The summed E-state index contributed by atoms with van der Waals surface area (Å²) in [5.41, 5.74) is 0.797. The molecule has 6 nitrogen and oxygen atoms in total. The van der Waals surface area contributed by atoms with Gasteiger partial charge in [0.25, 0.3) is 0 Å². The summed E-state index contributed by atoms with van der Waals surface area (Å²) in [7, 11) is 0. The molecule has 3 aliphatic rings. The summed E-state index contributed by atoms with van der Waals surface area (Å²) in [6.07, 6.45) is 0.612. The van der Waals surface area contributed by atoms with Crippen LogP contribution in [0.5, 0.6) is 17.2 Å². The van der Waals surface area contributed by atoms with E-state index in [4.69, 9.17) is 25.8 Å². The van der Waals surface area contributed by atoms with Crippen molar-refractivity contribution >= 4 is 23.3 Å². The number of fused-ring (bicyclic) bond motifs is 5. The van der Waals surface area contributed by atoms with Gasteiger partial charge < -0.3 is 19.5 Å². The maximum atomic E-state index is 12.8. The molecule has 5 rings (SSSR count). The van der Waals surface area contributed by atoms with Crippen molar-refractivity contribution in [2.75, 3.05) is 11.7 Å². The maximum Gasteiger partial charge on any atom is 0.325 e. The first-order valence-corrected chi connectivity index (χ1v) is 8.40. The Bertz CT molecular complexity index is 903. The third kappa shape index (κ3) is 2.14. The minimum atomic E-state index is -0.804. The van der Waals surface area contributed by atoms with Crippen molar-refractivity contribution in [2.45, 2.75) is 25.1 Å². The molecular formula is C18H15ClN2O4. The Kier molecular flexibility index (Phi) is 2.92. The molecule has 1 saturated heterocycles. The second-order valence-electron chi connectivity index (χ2n) is 6.54. The molecule has 0 spiro atoms. The largest absolute Gasteiger partial charge is 0.467 e. The third-order valence-electron chi connectivity index (χ3n) is 4.85. The van der Waals surface area contributed by atoms with Crippen LogP contribution in [0.3, 0.4) is 0 Å². The Balaban J connectivity index is 1.58. The summed E-state index contributed by atoms with van der Waals surface area (Å²) in [5, 5.41) is 3.67. The van der Waals surface area contributed by atoms with Crippen molar-refractivity contribution in [3.8, 4) is 17.2 Å². The molecule has 0 saturated carbocycles. The van der Waals surface area contributed by atoms with Crippen LogP contribution in [0.4, 0.5) is 10.5 Å². The van der Waals surface area contributed by atoms with E-state index < -0.39 is 5.72 Å². The van der Waals surface area contributed by atoms with Crippen molar-refractivity contribution in [1.82, 2.24) is 5.32 Å². The lowest BCUT2D eigenvalue weighted by molar-refractivity contribution is 0.0378. The molecule has 3 heterocycles. The average Bonchev–Trinajstić information content (AvgIpc) is 3.03. The molecule has 0 radical (unpaired) electrons. The van der Waals surface area contributed by atoms with Crippen LogP contribution in [-0.4, -0.2) is 18.5 Å². The first kappa shape index (κ1) is 14.7. The van der Waals surface area contributed by atoms with E-state index in [-0.39, 0.29) is 18.9 Å². The molecule has 2 amide bonds. The molecule has 0 unspecified atom stereocenters. The van der Waals surface area contributed by atoms with Crippen molar-refractivity contribution < 1.29 is 19.0 Å². The van der Waals surface area contributed by atoms with Gasteiger partial charge in [-0.25, -0.2) is 4.79 Å². The number of nitrogens with zero attached hydrogens (tertiary/aromatic N) is 1. The topological polar surface area (TPSA) is 60.0 Å². The molecule has 2 bridgehead atoms. The van der Waals surface area contributed by atoms with Crippen LogP contribution < -0.4 is 24.4 Å². The van der Waals surface area contributed by atoms with Crippen LogP contribution in [0, 0.1) is 0 Å². The number of hydrogen-bond donors (Lipinski definition) is 1. The van der Waals surface area contributed by atoms with Crippen LogP contribution in [0.15, 0.2) is 36.4 Å². The van der Waals surface area contributed by atoms with E-state index in [9.17, 15) is 4.79 Å². The summed E-state index contributed by atoms with van der Waals surface area (Å²) >= 11 is 6.10. The number of nitrogens with one attached hydrogen (secondary N) is 1. The number of urea groups is 1. The second-order valence-corrected chi connectivity index (χ2v) is 6.97. The maximum absolute atomic E-state index is 12.8. The molecule has 2 aromatic carbocycles. The molecule has 0 aromatic heterocycles. The number of ether oxygens (including phenoxy) is 3. The average molecular weight is 359 g/mol. The van der Waals surface area contributed by atoms with Gasteiger partial charge in [0.05, 0.1) is 11.7 Å². The zero-order valence-electron chi connectivity index (χ0n) is 13.4. The Morgan fingerprint density at radius 3 is 2.84 bits per heavy atom. The van der Waals surface area contributed by atoms with E-state index in [0.29, 0.717) is 28.6 Å². The number of halogens is 1. The highest BCUT2D eigenvalue weighted by Crippen LogP contribution is 2.47. The van der Waals surface area contributed by atoms with E-state index in [1.165, 1.54) is 0 Å². The zero-order valence-corrected chi connectivity index (χ0v) is 14.2. The van der Waals surface area contributed by atoms with Gasteiger partial charge in [-0.1, -0.05) is 11.6 Å². The fourth-order valence-corrected chi connectivity index (χ4v) is 3.94. The van der Waals surface area contributed by atoms with Crippen molar-refractivity contribution in [2.24, 2.45) is 0 Å². The number of carbonyl (C=O) groups is 1. The van der Waals surface area contributed by atoms with Gasteiger partial charge in [-0.3, -0.25) is 4.90 Å². The highest BCUT2D eigenvalue weighted by molar-refractivity contribution is 6.30. The highest BCUT2D eigenvalue weighted by atomic mass is 35.5.